The summed E-state index contributed by atoms with van der Waals surface area (Å²) in [5.74, 6) is -0.705. The van der Waals surface area contributed by atoms with Crippen molar-refractivity contribution in [2.75, 3.05) is 65.0 Å². The summed E-state index contributed by atoms with van der Waals surface area (Å²) >= 11 is 0. The van der Waals surface area contributed by atoms with Crippen molar-refractivity contribution >= 4 is 17.6 Å². The summed E-state index contributed by atoms with van der Waals surface area (Å²) in [7, 11) is 3.32. The molecule has 0 aliphatic carbocycles. The average molecular weight is 646 g/mol. The van der Waals surface area contributed by atoms with Crippen LogP contribution < -0.4 is 9.64 Å². The number of carboxylic acids is 1. The van der Waals surface area contributed by atoms with E-state index < -0.39 is 23.6 Å². The first kappa shape index (κ1) is 34.0. The van der Waals surface area contributed by atoms with Crippen LogP contribution in [-0.2, 0) is 20.5 Å². The molecule has 11 heteroatoms. The van der Waals surface area contributed by atoms with E-state index in [0.29, 0.717) is 70.7 Å². The summed E-state index contributed by atoms with van der Waals surface area (Å²) in [6.07, 6.45) is -2.39. The van der Waals surface area contributed by atoms with Gasteiger partial charge in [0.2, 0.25) is 5.91 Å². The molecule has 3 heterocycles. The molecule has 3 aliphatic rings. The number of halogens is 3. The van der Waals surface area contributed by atoms with Gasteiger partial charge in [0.15, 0.2) is 0 Å². The molecule has 0 aromatic heterocycles. The maximum absolute atomic E-state index is 14.2. The first-order valence-electron chi connectivity index (χ1n) is 16.2. The van der Waals surface area contributed by atoms with E-state index in [1.807, 2.05) is 34.1 Å². The number of rotatable bonds is 9. The van der Waals surface area contributed by atoms with Gasteiger partial charge in [-0.05, 0) is 80.8 Å². The number of hydrogen-bond donors (Lipinski definition) is 1. The molecule has 0 saturated carbocycles. The fourth-order valence-corrected chi connectivity index (χ4v) is 7.53. The van der Waals surface area contributed by atoms with Crippen molar-refractivity contribution in [3.63, 3.8) is 0 Å². The lowest BCUT2D eigenvalue weighted by atomic mass is 9.84. The number of carbonyl (C=O) groups excluding carboxylic acids is 1. The van der Waals surface area contributed by atoms with Crippen LogP contribution >= 0.6 is 0 Å². The molecule has 0 spiro atoms. The molecule has 46 heavy (non-hydrogen) atoms. The highest BCUT2D eigenvalue weighted by atomic mass is 19.4. The lowest BCUT2D eigenvalue weighted by Gasteiger charge is -2.38. The molecule has 8 nitrogen and oxygen atoms in total. The Morgan fingerprint density at radius 1 is 0.913 bits per heavy atom. The predicted octanol–water partition coefficient (Wildman–Crippen LogP) is 5.86. The quantitative estimate of drug-likeness (QED) is 0.366. The zero-order chi connectivity index (χ0) is 33.2. The number of methoxy groups -OCH3 is 2. The number of piperidine rings is 2. The molecular weight excluding hydrogens is 599 g/mol. The Hall–Kier alpha value is -3.31. The second kappa shape index (κ2) is 13.8. The van der Waals surface area contributed by atoms with Crippen LogP contribution in [0, 0.1) is 11.8 Å². The topological polar surface area (TPSA) is 82.6 Å². The Balaban J connectivity index is 1.33. The number of likely N-dealkylation sites (tertiary alicyclic amines) is 2. The van der Waals surface area contributed by atoms with Crippen LogP contribution in [0.5, 0.6) is 5.75 Å². The van der Waals surface area contributed by atoms with E-state index in [2.05, 4.69) is 18.7 Å². The average Bonchev–Trinajstić information content (AvgIpc) is 3.51. The highest BCUT2D eigenvalue weighted by molar-refractivity contribution is 5.81. The van der Waals surface area contributed by atoms with E-state index in [1.54, 1.807) is 20.3 Å². The number of hydrogen-bond acceptors (Lipinski definition) is 6. The molecule has 252 valence electrons. The van der Waals surface area contributed by atoms with Crippen molar-refractivity contribution in [1.29, 1.82) is 0 Å². The van der Waals surface area contributed by atoms with E-state index in [4.69, 9.17) is 9.47 Å². The van der Waals surface area contributed by atoms with Gasteiger partial charge in [-0.25, -0.2) is 0 Å². The molecule has 0 bridgehead atoms. The number of amides is 1. The Kier molecular flexibility index (Phi) is 10.2. The lowest BCUT2D eigenvalue weighted by molar-refractivity contribution is -0.142. The molecule has 3 fully saturated rings. The Morgan fingerprint density at radius 3 is 2.13 bits per heavy atom. The minimum atomic E-state index is -4.48. The number of benzene rings is 2. The maximum Gasteiger partial charge on any atom is 0.416 e. The molecule has 3 aliphatic heterocycles. The third kappa shape index (κ3) is 7.30. The largest absolute Gasteiger partial charge is 0.497 e. The van der Waals surface area contributed by atoms with Gasteiger partial charge in [-0.2, -0.15) is 13.2 Å². The van der Waals surface area contributed by atoms with Crippen molar-refractivity contribution in [2.45, 2.75) is 63.1 Å². The van der Waals surface area contributed by atoms with E-state index in [1.165, 1.54) is 6.07 Å². The third-order valence-corrected chi connectivity index (χ3v) is 10.3. The van der Waals surface area contributed by atoms with Crippen LogP contribution in [-0.4, -0.2) is 92.4 Å². The first-order chi connectivity index (χ1) is 21.8. The number of alkyl halides is 3. The van der Waals surface area contributed by atoms with Crippen molar-refractivity contribution < 1.29 is 37.3 Å². The molecule has 1 unspecified atom stereocenters. The van der Waals surface area contributed by atoms with Gasteiger partial charge >= 0.3 is 12.1 Å². The van der Waals surface area contributed by atoms with Crippen LogP contribution in [0.4, 0.5) is 18.9 Å². The normalized spacial score (nSPS) is 22.3. The van der Waals surface area contributed by atoms with Gasteiger partial charge in [0.25, 0.3) is 0 Å². The molecule has 0 radical (unpaired) electrons. The van der Waals surface area contributed by atoms with Crippen LogP contribution in [0.2, 0.25) is 0 Å². The number of aliphatic carboxylic acids is 1. The molecule has 2 aromatic carbocycles. The van der Waals surface area contributed by atoms with Gasteiger partial charge in [-0.15, -0.1) is 0 Å². The summed E-state index contributed by atoms with van der Waals surface area (Å²) in [5.41, 5.74) is 1.52. The van der Waals surface area contributed by atoms with E-state index in [0.717, 1.165) is 29.5 Å². The van der Waals surface area contributed by atoms with Crippen molar-refractivity contribution in [3.05, 3.63) is 59.2 Å². The summed E-state index contributed by atoms with van der Waals surface area (Å²) in [5, 5.41) is 9.42. The van der Waals surface area contributed by atoms with E-state index in [9.17, 15) is 27.9 Å². The summed E-state index contributed by atoms with van der Waals surface area (Å²) < 4.78 is 52.1. The molecular formula is C35H46F3N3O5. The highest BCUT2D eigenvalue weighted by Crippen LogP contribution is 2.42. The zero-order valence-electron chi connectivity index (χ0n) is 27.2. The molecule has 1 N–H and O–H groups in total. The van der Waals surface area contributed by atoms with Gasteiger partial charge in [0, 0.05) is 63.5 Å². The predicted molar refractivity (Wildman–Crippen MR) is 169 cm³/mol. The van der Waals surface area contributed by atoms with Crippen LogP contribution in [0.3, 0.4) is 0 Å². The minimum absolute atomic E-state index is 0.00232. The Labute approximate surface area is 269 Å². The summed E-state index contributed by atoms with van der Waals surface area (Å²) in [6, 6.07) is 11.9. The molecule has 1 amide bonds. The fraction of sp³-hybridized carbons (Fsp3) is 0.600. The van der Waals surface area contributed by atoms with Gasteiger partial charge in [-0.1, -0.05) is 18.2 Å². The van der Waals surface area contributed by atoms with Crippen molar-refractivity contribution in [2.24, 2.45) is 11.8 Å². The van der Waals surface area contributed by atoms with Gasteiger partial charge < -0.3 is 24.4 Å². The smallest absolute Gasteiger partial charge is 0.416 e. The number of carbonyl (C=O) groups is 2. The fourth-order valence-electron chi connectivity index (χ4n) is 7.53. The number of ether oxygens (including phenoxy) is 2. The maximum atomic E-state index is 14.2. The molecule has 3 saturated heterocycles. The SMILES string of the molecule is COCC(C)(C)N1CC(C(=O)N2CCC(c3ccc(C(F)(F)F)cc3N3CCC(C(=O)O)CC3)CC2)[C@H](c2ccc(OC)cc2)C1. The molecule has 2 atom stereocenters. The van der Waals surface area contributed by atoms with E-state index in [-0.39, 0.29) is 29.2 Å². The van der Waals surface area contributed by atoms with Crippen molar-refractivity contribution in [3.8, 4) is 5.75 Å². The molecule has 5 rings (SSSR count). The third-order valence-electron chi connectivity index (χ3n) is 10.3. The number of anilines is 1. The number of nitrogens with zero attached hydrogens (tertiary/aromatic N) is 3. The Morgan fingerprint density at radius 2 is 1.57 bits per heavy atom. The minimum Gasteiger partial charge on any atom is -0.497 e. The second-order valence-electron chi connectivity index (χ2n) is 13.6. The number of carboxylic acid groups (broad SMARTS) is 1. The van der Waals surface area contributed by atoms with Crippen molar-refractivity contribution in [1.82, 2.24) is 9.80 Å². The summed E-state index contributed by atoms with van der Waals surface area (Å²) in [6.45, 7) is 7.98. The standard InChI is InChI=1S/C35H46F3N3O5/c1-34(2,22-45-3)41-20-29(23-5-8-27(46-4)9-6-23)30(21-41)32(42)40-17-11-24(12-18-40)28-10-7-26(35(36,37)38)19-31(28)39-15-13-25(14-16-39)33(43)44/h5-10,19,24-25,29-30H,11-18,20-22H2,1-4H3,(H,43,44)/t29-,30?/m0/s1. The van der Waals surface area contributed by atoms with Crippen LogP contribution in [0.25, 0.3) is 0 Å². The summed E-state index contributed by atoms with van der Waals surface area (Å²) in [4.78, 5) is 31.9. The Bertz CT molecular complexity index is 1370. The van der Waals surface area contributed by atoms with Gasteiger partial charge in [0.1, 0.15) is 5.75 Å². The first-order valence-corrected chi connectivity index (χ1v) is 16.2. The van der Waals surface area contributed by atoms with Gasteiger partial charge in [-0.3, -0.25) is 14.5 Å². The van der Waals surface area contributed by atoms with Crippen LogP contribution in [0.1, 0.15) is 68.1 Å². The second-order valence-corrected chi connectivity index (χ2v) is 13.6. The highest BCUT2D eigenvalue weighted by Gasteiger charge is 2.45. The lowest BCUT2D eigenvalue weighted by Crippen LogP contribution is -2.47. The molecule has 2 aromatic rings. The monoisotopic (exact) mass is 645 g/mol. The van der Waals surface area contributed by atoms with Crippen LogP contribution in [0.15, 0.2) is 42.5 Å². The van der Waals surface area contributed by atoms with E-state index >= 15 is 0 Å². The van der Waals surface area contributed by atoms with Gasteiger partial charge in [0.05, 0.1) is 31.1 Å². The zero-order valence-corrected chi connectivity index (χ0v) is 27.2.